The lowest BCUT2D eigenvalue weighted by molar-refractivity contribution is -0.000609. The van der Waals surface area contributed by atoms with E-state index in [0.29, 0.717) is 12.5 Å². The zero-order chi connectivity index (χ0) is 11.1. The van der Waals surface area contributed by atoms with Crippen LogP contribution >= 0.6 is 0 Å². The van der Waals surface area contributed by atoms with Crippen molar-refractivity contribution in [2.24, 2.45) is 5.92 Å². The molecule has 1 aromatic carbocycles. The lowest BCUT2D eigenvalue weighted by Gasteiger charge is -2.16. The van der Waals surface area contributed by atoms with E-state index < -0.39 is 0 Å². The first kappa shape index (κ1) is 12.2. The second-order valence-corrected chi connectivity index (χ2v) is 4.07. The lowest BCUT2D eigenvalue weighted by Crippen LogP contribution is -2.12. The van der Waals surface area contributed by atoms with E-state index >= 15 is 0 Å². The predicted octanol–water partition coefficient (Wildman–Crippen LogP) is 3.05. The number of methoxy groups -OCH3 is 1. The van der Waals surface area contributed by atoms with Crippen LogP contribution in [0, 0.1) is 5.92 Å². The minimum Gasteiger partial charge on any atom is -0.378 e. The van der Waals surface area contributed by atoms with Crippen molar-refractivity contribution in [2.45, 2.75) is 20.0 Å². The molecule has 0 radical (unpaired) electrons. The van der Waals surface area contributed by atoms with Gasteiger partial charge in [-0.3, -0.25) is 0 Å². The molecule has 0 fully saturated rings. The Kier molecular flexibility index (Phi) is 5.37. The van der Waals surface area contributed by atoms with Crippen LogP contribution in [-0.4, -0.2) is 20.3 Å². The molecular formula is C13H20O2. The molecule has 0 heterocycles. The van der Waals surface area contributed by atoms with Crippen molar-refractivity contribution < 1.29 is 9.47 Å². The first-order valence-electron chi connectivity index (χ1n) is 5.39. The van der Waals surface area contributed by atoms with E-state index in [0.717, 1.165) is 6.61 Å². The molecule has 15 heavy (non-hydrogen) atoms. The summed E-state index contributed by atoms with van der Waals surface area (Å²) in [6.45, 7) is 5.69. The number of benzene rings is 1. The summed E-state index contributed by atoms with van der Waals surface area (Å²) in [6.07, 6.45) is 0.0462. The number of rotatable bonds is 6. The molecule has 1 aromatic rings. The molecule has 1 atom stereocenters. The van der Waals surface area contributed by atoms with Gasteiger partial charge in [0.2, 0.25) is 0 Å². The average Bonchev–Trinajstić information content (AvgIpc) is 2.25. The molecule has 0 saturated heterocycles. The van der Waals surface area contributed by atoms with E-state index in [4.69, 9.17) is 9.47 Å². The van der Waals surface area contributed by atoms with Crippen LogP contribution < -0.4 is 0 Å². The number of hydrogen-bond acceptors (Lipinski definition) is 2. The standard InChI is InChI=1S/C13H20O2/c1-11(2)9-15-10-13(14-3)12-7-5-4-6-8-12/h4-8,11,13H,9-10H2,1-3H3. The van der Waals surface area contributed by atoms with Gasteiger partial charge in [-0.15, -0.1) is 0 Å². The van der Waals surface area contributed by atoms with Crippen LogP contribution in [0.5, 0.6) is 0 Å². The fraction of sp³-hybridized carbons (Fsp3) is 0.538. The normalized spacial score (nSPS) is 13.1. The Balaban J connectivity index is 2.43. The molecule has 0 aliphatic carbocycles. The monoisotopic (exact) mass is 208 g/mol. The molecule has 0 N–H and O–H groups in total. The number of hydrogen-bond donors (Lipinski definition) is 0. The predicted molar refractivity (Wildman–Crippen MR) is 61.8 cm³/mol. The van der Waals surface area contributed by atoms with Crippen LogP contribution in [0.15, 0.2) is 30.3 Å². The summed E-state index contributed by atoms with van der Waals surface area (Å²) in [6, 6.07) is 10.2. The van der Waals surface area contributed by atoms with Crippen molar-refractivity contribution in [1.82, 2.24) is 0 Å². The fourth-order valence-electron chi connectivity index (χ4n) is 1.38. The summed E-state index contributed by atoms with van der Waals surface area (Å²) < 4.78 is 11.0. The molecular weight excluding hydrogens is 188 g/mol. The van der Waals surface area contributed by atoms with Crippen LogP contribution in [0.4, 0.5) is 0 Å². The van der Waals surface area contributed by atoms with Crippen LogP contribution in [0.3, 0.4) is 0 Å². The van der Waals surface area contributed by atoms with Gasteiger partial charge in [-0.25, -0.2) is 0 Å². The molecule has 0 aliphatic heterocycles. The molecule has 84 valence electrons. The highest BCUT2D eigenvalue weighted by atomic mass is 16.5. The third kappa shape index (κ3) is 4.45. The molecule has 2 nitrogen and oxygen atoms in total. The minimum atomic E-state index is 0.0462. The third-order valence-electron chi connectivity index (χ3n) is 2.18. The summed E-state index contributed by atoms with van der Waals surface area (Å²) in [5.41, 5.74) is 1.17. The molecule has 0 aromatic heterocycles. The Morgan fingerprint density at radius 2 is 1.73 bits per heavy atom. The van der Waals surface area contributed by atoms with Gasteiger partial charge in [-0.05, 0) is 11.5 Å². The first-order chi connectivity index (χ1) is 7.24. The maximum atomic E-state index is 5.58. The Morgan fingerprint density at radius 3 is 2.27 bits per heavy atom. The largest absolute Gasteiger partial charge is 0.378 e. The maximum absolute atomic E-state index is 5.58. The lowest BCUT2D eigenvalue weighted by atomic mass is 10.1. The van der Waals surface area contributed by atoms with Gasteiger partial charge in [0.05, 0.1) is 6.61 Å². The smallest absolute Gasteiger partial charge is 0.105 e. The van der Waals surface area contributed by atoms with E-state index in [9.17, 15) is 0 Å². The highest BCUT2D eigenvalue weighted by Crippen LogP contribution is 2.16. The summed E-state index contributed by atoms with van der Waals surface area (Å²) in [5, 5.41) is 0. The van der Waals surface area contributed by atoms with Gasteiger partial charge in [0, 0.05) is 13.7 Å². The summed E-state index contributed by atoms with van der Waals surface area (Å²) in [7, 11) is 1.72. The van der Waals surface area contributed by atoms with Crippen LogP contribution in [-0.2, 0) is 9.47 Å². The zero-order valence-corrected chi connectivity index (χ0v) is 9.77. The van der Waals surface area contributed by atoms with Crippen LogP contribution in [0.2, 0.25) is 0 Å². The van der Waals surface area contributed by atoms with Gasteiger partial charge in [0.15, 0.2) is 0 Å². The van der Waals surface area contributed by atoms with E-state index in [1.54, 1.807) is 7.11 Å². The van der Waals surface area contributed by atoms with Crippen molar-refractivity contribution >= 4 is 0 Å². The SMILES string of the molecule is COC(COCC(C)C)c1ccccc1. The van der Waals surface area contributed by atoms with Crippen molar-refractivity contribution in [3.05, 3.63) is 35.9 Å². The van der Waals surface area contributed by atoms with Crippen LogP contribution in [0.1, 0.15) is 25.5 Å². The van der Waals surface area contributed by atoms with Gasteiger partial charge >= 0.3 is 0 Å². The molecule has 1 rings (SSSR count). The molecule has 0 bridgehead atoms. The van der Waals surface area contributed by atoms with Gasteiger partial charge in [-0.1, -0.05) is 44.2 Å². The topological polar surface area (TPSA) is 18.5 Å². The van der Waals surface area contributed by atoms with Gasteiger partial charge in [-0.2, -0.15) is 0 Å². The average molecular weight is 208 g/mol. The molecule has 0 aliphatic rings. The molecule has 2 heteroatoms. The van der Waals surface area contributed by atoms with Gasteiger partial charge in [0.25, 0.3) is 0 Å². The maximum Gasteiger partial charge on any atom is 0.105 e. The van der Waals surface area contributed by atoms with Crippen LogP contribution in [0.25, 0.3) is 0 Å². The molecule has 0 spiro atoms. The number of ether oxygens (including phenoxy) is 2. The highest BCUT2D eigenvalue weighted by Gasteiger charge is 2.09. The first-order valence-corrected chi connectivity index (χ1v) is 5.39. The van der Waals surface area contributed by atoms with E-state index in [-0.39, 0.29) is 6.10 Å². The third-order valence-corrected chi connectivity index (χ3v) is 2.18. The van der Waals surface area contributed by atoms with Crippen molar-refractivity contribution in [3.63, 3.8) is 0 Å². The molecule has 0 saturated carbocycles. The summed E-state index contributed by atoms with van der Waals surface area (Å²) in [5.74, 6) is 0.568. The van der Waals surface area contributed by atoms with E-state index in [1.165, 1.54) is 5.56 Å². The Bertz CT molecular complexity index is 256. The van der Waals surface area contributed by atoms with E-state index in [2.05, 4.69) is 26.0 Å². The zero-order valence-electron chi connectivity index (χ0n) is 9.77. The van der Waals surface area contributed by atoms with Crippen molar-refractivity contribution in [1.29, 1.82) is 0 Å². The molecule has 1 unspecified atom stereocenters. The Hall–Kier alpha value is -0.860. The van der Waals surface area contributed by atoms with E-state index in [1.807, 2.05) is 18.2 Å². The summed E-state index contributed by atoms with van der Waals surface area (Å²) in [4.78, 5) is 0. The second-order valence-electron chi connectivity index (χ2n) is 4.07. The quantitative estimate of drug-likeness (QED) is 0.715. The summed E-state index contributed by atoms with van der Waals surface area (Å²) >= 11 is 0. The van der Waals surface area contributed by atoms with Crippen molar-refractivity contribution in [2.75, 3.05) is 20.3 Å². The molecule has 0 amide bonds. The fourth-order valence-corrected chi connectivity index (χ4v) is 1.38. The van der Waals surface area contributed by atoms with Gasteiger partial charge < -0.3 is 9.47 Å². The van der Waals surface area contributed by atoms with Crippen molar-refractivity contribution in [3.8, 4) is 0 Å². The Morgan fingerprint density at radius 1 is 1.07 bits per heavy atom. The van der Waals surface area contributed by atoms with Gasteiger partial charge in [0.1, 0.15) is 6.10 Å². The second kappa shape index (κ2) is 6.59. The Labute approximate surface area is 92.2 Å². The highest BCUT2D eigenvalue weighted by molar-refractivity contribution is 5.17. The minimum absolute atomic E-state index is 0.0462.